The van der Waals surface area contributed by atoms with Gasteiger partial charge in [-0.25, -0.2) is 8.42 Å². The molecule has 0 amide bonds. The Bertz CT molecular complexity index is 836. The van der Waals surface area contributed by atoms with Crippen molar-refractivity contribution in [3.05, 3.63) is 47.5 Å². The molecule has 1 heterocycles. The van der Waals surface area contributed by atoms with Crippen LogP contribution in [0.4, 0.5) is 11.4 Å². The zero-order valence-electron chi connectivity index (χ0n) is 13.3. The molecule has 2 aromatic carbocycles. The molecular formula is C18H21NO2S. The zero-order chi connectivity index (χ0) is 16.1. The van der Waals surface area contributed by atoms with E-state index in [1.165, 1.54) is 0 Å². The van der Waals surface area contributed by atoms with Gasteiger partial charge in [-0.05, 0) is 47.2 Å². The van der Waals surface area contributed by atoms with Crippen molar-refractivity contribution in [1.82, 2.24) is 0 Å². The smallest absolute Gasteiger partial charge is 0.210 e. The van der Waals surface area contributed by atoms with Gasteiger partial charge in [-0.3, -0.25) is 0 Å². The summed E-state index contributed by atoms with van der Waals surface area (Å²) in [6.45, 7) is 8.32. The Kier molecular flexibility index (Phi) is 3.52. The van der Waals surface area contributed by atoms with Crippen molar-refractivity contribution in [2.24, 2.45) is 0 Å². The first kappa shape index (κ1) is 15.1. The Morgan fingerprint density at radius 3 is 2.00 bits per heavy atom. The average Bonchev–Trinajstić information content (AvgIpc) is 2.46. The van der Waals surface area contributed by atoms with Gasteiger partial charge in [0, 0.05) is 0 Å². The number of nitrogens with one attached hydrogen (secondary N) is 1. The van der Waals surface area contributed by atoms with E-state index in [2.05, 4.69) is 33.0 Å². The van der Waals surface area contributed by atoms with Crippen LogP contribution in [0.3, 0.4) is 0 Å². The molecule has 0 saturated carbocycles. The molecule has 0 aromatic heterocycles. The standard InChI is InChI=1S/C18H21NO2S/c1-11(2)13-6-8-17-16(9-13)19-15-7-5-14(12(3)4)10-18(15)22(17,20)21/h5-12,19H,1-4H3. The second-order valence-corrected chi connectivity index (χ2v) is 8.34. The molecule has 1 N–H and O–H groups in total. The highest BCUT2D eigenvalue weighted by Crippen LogP contribution is 2.41. The van der Waals surface area contributed by atoms with Gasteiger partial charge in [-0.2, -0.15) is 0 Å². The van der Waals surface area contributed by atoms with Crippen molar-refractivity contribution in [1.29, 1.82) is 0 Å². The normalized spacial score (nSPS) is 15.4. The zero-order valence-corrected chi connectivity index (χ0v) is 14.2. The number of hydrogen-bond acceptors (Lipinski definition) is 3. The molecule has 0 atom stereocenters. The molecule has 1 aliphatic rings. The Balaban J connectivity index is 2.19. The van der Waals surface area contributed by atoms with Crippen LogP contribution in [0, 0.1) is 0 Å². The second kappa shape index (κ2) is 5.13. The number of hydrogen-bond donors (Lipinski definition) is 1. The first-order valence-corrected chi connectivity index (χ1v) is 9.09. The summed E-state index contributed by atoms with van der Waals surface area (Å²) >= 11 is 0. The molecule has 0 spiro atoms. The quantitative estimate of drug-likeness (QED) is 0.737. The van der Waals surface area contributed by atoms with E-state index < -0.39 is 9.84 Å². The summed E-state index contributed by atoms with van der Waals surface area (Å²) < 4.78 is 25.8. The van der Waals surface area contributed by atoms with Crippen LogP contribution in [0.25, 0.3) is 0 Å². The van der Waals surface area contributed by atoms with E-state index in [9.17, 15) is 8.42 Å². The fourth-order valence-electron chi connectivity index (χ4n) is 2.73. The SMILES string of the molecule is CC(C)c1ccc2c(c1)Nc1ccc(C(C)C)cc1S2(=O)=O. The number of sulfone groups is 1. The summed E-state index contributed by atoms with van der Waals surface area (Å²) in [7, 11) is -3.46. The molecule has 0 saturated heterocycles. The molecule has 0 fully saturated rings. The Hall–Kier alpha value is -1.81. The lowest BCUT2D eigenvalue weighted by atomic mass is 10.0. The van der Waals surface area contributed by atoms with Crippen LogP contribution in [0.1, 0.15) is 50.7 Å². The summed E-state index contributed by atoms with van der Waals surface area (Å²) in [6, 6.07) is 11.2. The minimum atomic E-state index is -3.46. The molecular weight excluding hydrogens is 294 g/mol. The van der Waals surface area contributed by atoms with Crippen LogP contribution in [-0.4, -0.2) is 8.42 Å². The van der Waals surface area contributed by atoms with Crippen LogP contribution in [0.2, 0.25) is 0 Å². The van der Waals surface area contributed by atoms with Gasteiger partial charge in [0.1, 0.15) is 0 Å². The van der Waals surface area contributed by atoms with Crippen LogP contribution < -0.4 is 5.32 Å². The summed E-state index contributed by atoms with van der Waals surface area (Å²) in [5, 5.41) is 3.28. The highest BCUT2D eigenvalue weighted by molar-refractivity contribution is 7.92. The van der Waals surface area contributed by atoms with E-state index in [-0.39, 0.29) is 0 Å². The largest absolute Gasteiger partial charge is 0.353 e. The van der Waals surface area contributed by atoms with E-state index in [4.69, 9.17) is 0 Å². The number of benzene rings is 2. The highest BCUT2D eigenvalue weighted by Gasteiger charge is 2.30. The number of rotatable bonds is 2. The maximum absolute atomic E-state index is 12.9. The van der Waals surface area contributed by atoms with Gasteiger partial charge >= 0.3 is 0 Å². The predicted octanol–water partition coefficient (Wildman–Crippen LogP) is 4.82. The van der Waals surface area contributed by atoms with Crippen molar-refractivity contribution in [3.8, 4) is 0 Å². The molecule has 3 rings (SSSR count). The van der Waals surface area contributed by atoms with E-state index in [0.29, 0.717) is 33.0 Å². The predicted molar refractivity (Wildman–Crippen MR) is 89.8 cm³/mol. The molecule has 4 heteroatoms. The maximum atomic E-state index is 12.9. The van der Waals surface area contributed by atoms with E-state index in [1.54, 1.807) is 12.1 Å². The first-order valence-electron chi connectivity index (χ1n) is 7.60. The monoisotopic (exact) mass is 315 g/mol. The summed E-state index contributed by atoms with van der Waals surface area (Å²) in [5.74, 6) is 0.657. The molecule has 0 radical (unpaired) electrons. The average molecular weight is 315 g/mol. The van der Waals surface area contributed by atoms with Crippen molar-refractivity contribution >= 4 is 21.2 Å². The van der Waals surface area contributed by atoms with Crippen LogP contribution in [-0.2, 0) is 9.84 Å². The Labute approximate surface area is 132 Å². The molecule has 0 aliphatic carbocycles. The fourth-order valence-corrected chi connectivity index (χ4v) is 4.31. The molecule has 1 aliphatic heterocycles. The Morgan fingerprint density at radius 2 is 1.36 bits per heavy atom. The minimum absolute atomic E-state index is 0.296. The van der Waals surface area contributed by atoms with Crippen molar-refractivity contribution in [3.63, 3.8) is 0 Å². The third kappa shape index (κ3) is 2.31. The van der Waals surface area contributed by atoms with E-state index in [0.717, 1.165) is 11.1 Å². The summed E-state index contributed by atoms with van der Waals surface area (Å²) in [4.78, 5) is 0.744. The van der Waals surface area contributed by atoms with E-state index >= 15 is 0 Å². The molecule has 0 unspecified atom stereocenters. The molecule has 116 valence electrons. The topological polar surface area (TPSA) is 46.2 Å². The number of anilines is 2. The summed E-state index contributed by atoms with van der Waals surface area (Å²) in [5.41, 5.74) is 3.50. The first-order chi connectivity index (χ1) is 10.3. The van der Waals surface area contributed by atoms with Gasteiger partial charge in [0.2, 0.25) is 9.84 Å². The molecule has 0 bridgehead atoms. The van der Waals surface area contributed by atoms with Crippen molar-refractivity contribution in [2.45, 2.75) is 49.3 Å². The van der Waals surface area contributed by atoms with Crippen LogP contribution >= 0.6 is 0 Å². The lowest BCUT2D eigenvalue weighted by Crippen LogP contribution is -2.14. The van der Waals surface area contributed by atoms with Crippen molar-refractivity contribution in [2.75, 3.05) is 5.32 Å². The molecule has 22 heavy (non-hydrogen) atoms. The van der Waals surface area contributed by atoms with Gasteiger partial charge in [0.25, 0.3) is 0 Å². The minimum Gasteiger partial charge on any atom is -0.353 e. The number of fused-ring (bicyclic) bond motifs is 2. The second-order valence-electron chi connectivity index (χ2n) is 6.45. The Morgan fingerprint density at radius 1 is 0.773 bits per heavy atom. The van der Waals surface area contributed by atoms with Gasteiger partial charge in [0.05, 0.1) is 21.2 Å². The van der Waals surface area contributed by atoms with Gasteiger partial charge in [-0.1, -0.05) is 39.8 Å². The van der Waals surface area contributed by atoms with Gasteiger partial charge in [0.15, 0.2) is 0 Å². The lowest BCUT2D eigenvalue weighted by Gasteiger charge is -2.23. The third-order valence-corrected chi connectivity index (χ3v) is 6.04. The fraction of sp³-hybridized carbons (Fsp3) is 0.333. The molecule has 3 nitrogen and oxygen atoms in total. The van der Waals surface area contributed by atoms with E-state index in [1.807, 2.05) is 24.3 Å². The maximum Gasteiger partial charge on any atom is 0.210 e. The lowest BCUT2D eigenvalue weighted by molar-refractivity contribution is 0.595. The highest BCUT2D eigenvalue weighted by atomic mass is 32.2. The third-order valence-electron chi connectivity index (χ3n) is 4.19. The van der Waals surface area contributed by atoms with Gasteiger partial charge in [-0.15, -0.1) is 0 Å². The van der Waals surface area contributed by atoms with Crippen LogP contribution in [0.15, 0.2) is 46.2 Å². The van der Waals surface area contributed by atoms with Crippen LogP contribution in [0.5, 0.6) is 0 Å². The van der Waals surface area contributed by atoms with Crippen molar-refractivity contribution < 1.29 is 8.42 Å². The molecule has 2 aromatic rings. The summed E-state index contributed by atoms with van der Waals surface area (Å²) in [6.07, 6.45) is 0. The van der Waals surface area contributed by atoms with Gasteiger partial charge < -0.3 is 5.32 Å².